The summed E-state index contributed by atoms with van der Waals surface area (Å²) in [6.07, 6.45) is 1.68. The first-order chi connectivity index (χ1) is 8.45. The van der Waals surface area contributed by atoms with Crippen molar-refractivity contribution in [1.82, 2.24) is 4.57 Å². The van der Waals surface area contributed by atoms with Crippen molar-refractivity contribution >= 4 is 21.6 Å². The lowest BCUT2D eigenvalue weighted by molar-refractivity contribution is 0.623. The van der Waals surface area contributed by atoms with Crippen LogP contribution in [0.15, 0.2) is 39.7 Å². The molecule has 0 fully saturated rings. The van der Waals surface area contributed by atoms with Gasteiger partial charge in [0.15, 0.2) is 0 Å². The summed E-state index contributed by atoms with van der Waals surface area (Å²) < 4.78 is 15.5. The van der Waals surface area contributed by atoms with Crippen LogP contribution in [0.1, 0.15) is 11.1 Å². The Hall–Kier alpha value is -1.62. The van der Waals surface area contributed by atoms with Crippen molar-refractivity contribution in [2.75, 3.05) is 5.73 Å². The van der Waals surface area contributed by atoms with E-state index >= 15 is 0 Å². The lowest BCUT2D eigenvalue weighted by atomic mass is 10.2. The summed E-state index contributed by atoms with van der Waals surface area (Å²) in [7, 11) is 0. The number of hydrogen-bond acceptors (Lipinski definition) is 2. The fourth-order valence-electron chi connectivity index (χ4n) is 1.82. The Morgan fingerprint density at radius 1 is 1.33 bits per heavy atom. The van der Waals surface area contributed by atoms with Crippen molar-refractivity contribution in [3.05, 3.63) is 62.2 Å². The summed E-state index contributed by atoms with van der Waals surface area (Å²) in [5, 5.41) is 0. The van der Waals surface area contributed by atoms with Crippen molar-refractivity contribution in [3.8, 4) is 0 Å². The van der Waals surface area contributed by atoms with Crippen molar-refractivity contribution in [2.45, 2.75) is 13.5 Å². The first kappa shape index (κ1) is 12.8. The first-order valence-corrected chi connectivity index (χ1v) is 6.16. The number of aromatic nitrogens is 1. The number of aryl methyl sites for hydroxylation is 1. The minimum atomic E-state index is -0.398. The molecule has 94 valence electrons. The van der Waals surface area contributed by atoms with Gasteiger partial charge in [0.1, 0.15) is 5.82 Å². The Labute approximate surface area is 112 Å². The average Bonchev–Trinajstić information content (AvgIpc) is 2.23. The second-order valence-corrected chi connectivity index (χ2v) is 5.08. The zero-order chi connectivity index (χ0) is 13.3. The van der Waals surface area contributed by atoms with Crippen molar-refractivity contribution in [3.63, 3.8) is 0 Å². The number of nitrogen functional groups attached to an aromatic ring is 1. The summed E-state index contributed by atoms with van der Waals surface area (Å²) in [6.45, 7) is 2.03. The molecule has 0 radical (unpaired) electrons. The second-order valence-electron chi connectivity index (χ2n) is 4.17. The number of anilines is 1. The van der Waals surface area contributed by atoms with Crippen LogP contribution >= 0.6 is 15.9 Å². The third kappa shape index (κ3) is 2.79. The van der Waals surface area contributed by atoms with E-state index < -0.39 is 5.82 Å². The summed E-state index contributed by atoms with van der Waals surface area (Å²) in [5.74, 6) is -0.398. The van der Waals surface area contributed by atoms with Crippen molar-refractivity contribution in [2.24, 2.45) is 0 Å². The zero-order valence-corrected chi connectivity index (χ0v) is 11.4. The van der Waals surface area contributed by atoms with E-state index in [-0.39, 0.29) is 5.56 Å². The van der Waals surface area contributed by atoms with Gasteiger partial charge in [0, 0.05) is 21.9 Å². The number of benzene rings is 1. The SMILES string of the molecule is Cc1cc(Br)cn(Cc2cc(N)cc(F)c2)c1=O. The Morgan fingerprint density at radius 2 is 2.06 bits per heavy atom. The molecule has 0 spiro atoms. The summed E-state index contributed by atoms with van der Waals surface area (Å²) in [4.78, 5) is 11.9. The predicted octanol–water partition coefficient (Wildman–Crippen LogP) is 2.69. The molecule has 1 heterocycles. The molecule has 2 N–H and O–H groups in total. The Morgan fingerprint density at radius 3 is 2.72 bits per heavy atom. The maximum absolute atomic E-state index is 13.2. The van der Waals surface area contributed by atoms with Gasteiger partial charge in [-0.3, -0.25) is 4.79 Å². The van der Waals surface area contributed by atoms with Gasteiger partial charge in [-0.2, -0.15) is 0 Å². The number of halogens is 2. The number of rotatable bonds is 2. The van der Waals surface area contributed by atoms with Gasteiger partial charge in [0.05, 0.1) is 6.54 Å². The van der Waals surface area contributed by atoms with Gasteiger partial charge < -0.3 is 10.3 Å². The van der Waals surface area contributed by atoms with Crippen LogP contribution in [0.3, 0.4) is 0 Å². The second kappa shape index (κ2) is 4.94. The van der Waals surface area contributed by atoms with Crippen LogP contribution in [0, 0.1) is 12.7 Å². The summed E-state index contributed by atoms with van der Waals surface area (Å²) in [5.41, 5.74) is 7.12. The van der Waals surface area contributed by atoms with Gasteiger partial charge in [-0.05, 0) is 52.7 Å². The minimum Gasteiger partial charge on any atom is -0.399 e. The molecule has 5 heteroatoms. The molecule has 0 atom stereocenters. The number of pyridine rings is 1. The minimum absolute atomic E-state index is 0.0963. The molecule has 0 saturated heterocycles. The number of nitrogens with two attached hydrogens (primary N) is 1. The van der Waals surface area contributed by atoms with Gasteiger partial charge in [-0.25, -0.2) is 4.39 Å². The predicted molar refractivity (Wildman–Crippen MR) is 73.1 cm³/mol. The molecule has 0 bridgehead atoms. The van der Waals surface area contributed by atoms with Gasteiger partial charge in [0.25, 0.3) is 5.56 Å². The van der Waals surface area contributed by atoms with Gasteiger partial charge >= 0.3 is 0 Å². The molecule has 0 aliphatic carbocycles. The third-order valence-corrected chi connectivity index (χ3v) is 3.00. The van der Waals surface area contributed by atoms with Crippen molar-refractivity contribution < 1.29 is 4.39 Å². The molecule has 18 heavy (non-hydrogen) atoms. The fourth-order valence-corrected chi connectivity index (χ4v) is 2.41. The van der Waals surface area contributed by atoms with Crippen LogP contribution in [0.4, 0.5) is 10.1 Å². The molecule has 3 nitrogen and oxygen atoms in total. The topological polar surface area (TPSA) is 48.0 Å². The zero-order valence-electron chi connectivity index (χ0n) is 9.78. The van der Waals surface area contributed by atoms with E-state index in [4.69, 9.17) is 5.73 Å². The monoisotopic (exact) mass is 310 g/mol. The highest BCUT2D eigenvalue weighted by atomic mass is 79.9. The van der Waals surface area contributed by atoms with Crippen LogP contribution in [0.5, 0.6) is 0 Å². The lowest BCUT2D eigenvalue weighted by Crippen LogP contribution is -2.22. The maximum Gasteiger partial charge on any atom is 0.253 e. The molecule has 0 saturated carbocycles. The lowest BCUT2D eigenvalue weighted by Gasteiger charge is -2.08. The molecule has 2 rings (SSSR count). The quantitative estimate of drug-likeness (QED) is 0.867. The first-order valence-electron chi connectivity index (χ1n) is 5.37. The fraction of sp³-hybridized carbons (Fsp3) is 0.154. The van der Waals surface area contributed by atoms with Gasteiger partial charge in [-0.15, -0.1) is 0 Å². The van der Waals surface area contributed by atoms with E-state index in [1.807, 2.05) is 0 Å². The third-order valence-electron chi connectivity index (χ3n) is 2.56. The summed E-state index contributed by atoms with van der Waals surface area (Å²) >= 11 is 3.33. The summed E-state index contributed by atoms with van der Waals surface area (Å²) in [6, 6.07) is 6.03. The van der Waals surface area contributed by atoms with Crippen molar-refractivity contribution in [1.29, 1.82) is 0 Å². The van der Waals surface area contributed by atoms with Crippen LogP contribution in [0.2, 0.25) is 0 Å². The molecule has 0 aliphatic rings. The van der Waals surface area contributed by atoms with E-state index in [9.17, 15) is 9.18 Å². The molecule has 0 unspecified atom stereocenters. The van der Waals surface area contributed by atoms with E-state index in [1.54, 1.807) is 25.3 Å². The molecule has 1 aromatic heterocycles. The van der Waals surface area contributed by atoms with Crippen LogP contribution in [-0.4, -0.2) is 4.57 Å². The van der Waals surface area contributed by atoms with Crippen LogP contribution in [-0.2, 0) is 6.54 Å². The highest BCUT2D eigenvalue weighted by Crippen LogP contribution is 2.13. The molecule has 0 aliphatic heterocycles. The highest BCUT2D eigenvalue weighted by Gasteiger charge is 2.04. The Balaban J connectivity index is 2.43. The molecular weight excluding hydrogens is 299 g/mol. The van der Waals surface area contributed by atoms with Gasteiger partial charge in [0.2, 0.25) is 0 Å². The Bertz CT molecular complexity index is 632. The van der Waals surface area contributed by atoms with E-state index in [0.717, 1.165) is 4.47 Å². The molecule has 0 amide bonds. The normalized spacial score (nSPS) is 10.6. The van der Waals surface area contributed by atoms with Crippen LogP contribution in [0.25, 0.3) is 0 Å². The maximum atomic E-state index is 13.2. The van der Waals surface area contributed by atoms with E-state index in [1.165, 1.54) is 16.7 Å². The molecule has 2 aromatic rings. The Kier molecular flexibility index (Phi) is 3.52. The standard InChI is InChI=1S/C13H12BrFN2O/c1-8-2-10(14)7-17(13(8)18)6-9-3-11(15)5-12(16)4-9/h2-5,7H,6,16H2,1H3. The highest BCUT2D eigenvalue weighted by molar-refractivity contribution is 9.10. The average molecular weight is 311 g/mol. The van der Waals surface area contributed by atoms with Crippen LogP contribution < -0.4 is 11.3 Å². The molecular formula is C13H12BrFN2O. The van der Waals surface area contributed by atoms with Gasteiger partial charge in [-0.1, -0.05) is 0 Å². The number of nitrogens with zero attached hydrogens (tertiary/aromatic N) is 1. The number of hydrogen-bond donors (Lipinski definition) is 1. The molecule has 1 aromatic carbocycles. The smallest absolute Gasteiger partial charge is 0.253 e. The van der Waals surface area contributed by atoms with E-state index in [2.05, 4.69) is 15.9 Å². The van der Waals surface area contributed by atoms with E-state index in [0.29, 0.717) is 23.4 Å². The largest absolute Gasteiger partial charge is 0.399 e.